The molecule has 52 heavy (non-hydrogen) atoms. The first kappa shape index (κ1) is 31.8. The minimum atomic E-state index is -0.320. The molecule has 3 aromatic carbocycles. The van der Waals surface area contributed by atoms with Gasteiger partial charge in [-0.1, -0.05) is 24.3 Å². The average molecular weight is 689 g/mol. The molecule has 0 fully saturated rings. The summed E-state index contributed by atoms with van der Waals surface area (Å²) in [4.78, 5) is 17.9. The molecule has 9 rings (SSSR count). The third-order valence-corrected chi connectivity index (χ3v) is 8.59. The van der Waals surface area contributed by atoms with Crippen LogP contribution in [-0.4, -0.2) is 52.5 Å². The molecule has 0 amide bonds. The Morgan fingerprint density at radius 1 is 0.673 bits per heavy atom. The van der Waals surface area contributed by atoms with Crippen LogP contribution in [0.4, 0.5) is 16.0 Å². The highest BCUT2D eigenvalue weighted by atomic mass is 19.1. The van der Waals surface area contributed by atoms with Gasteiger partial charge in [-0.3, -0.25) is 20.2 Å². The number of anilines is 2. The summed E-state index contributed by atoms with van der Waals surface area (Å²) in [5.41, 5.74) is 20.6. The van der Waals surface area contributed by atoms with Crippen LogP contribution < -0.4 is 16.2 Å². The van der Waals surface area contributed by atoms with E-state index >= 15 is 0 Å². The topological polar surface area (TPSA) is 190 Å². The lowest BCUT2D eigenvalue weighted by molar-refractivity contribution is 0.373. The largest absolute Gasteiger partial charge is 0.504 e. The van der Waals surface area contributed by atoms with Crippen LogP contribution in [0, 0.1) is 5.82 Å². The number of pyridine rings is 4. The number of H-pyrrole nitrogens is 2. The van der Waals surface area contributed by atoms with Gasteiger partial charge in [-0.05, 0) is 83.9 Å². The van der Waals surface area contributed by atoms with Gasteiger partial charge in [0.05, 0.1) is 34.8 Å². The second-order valence-corrected chi connectivity index (χ2v) is 11.8. The maximum absolute atomic E-state index is 13.2. The predicted octanol–water partition coefficient (Wildman–Crippen LogP) is 7.54. The summed E-state index contributed by atoms with van der Waals surface area (Å²) in [5.74, 6) is 0.939. The van der Waals surface area contributed by atoms with Crippen LogP contribution in [-0.2, 0) is 0 Å². The third kappa shape index (κ3) is 5.92. The quantitative estimate of drug-likeness (QED) is 0.121. The number of hydrogen-bond donors (Lipinski definition) is 5. The zero-order valence-electron chi connectivity index (χ0n) is 27.5. The summed E-state index contributed by atoms with van der Waals surface area (Å²) < 4.78 is 18.3. The number of halogens is 1. The first-order chi connectivity index (χ1) is 25.4. The summed E-state index contributed by atoms with van der Waals surface area (Å²) >= 11 is 0. The normalized spacial score (nSPS) is 11.1. The highest BCUT2D eigenvalue weighted by Crippen LogP contribution is 2.38. The summed E-state index contributed by atoms with van der Waals surface area (Å²) in [6.45, 7) is 0. The van der Waals surface area contributed by atoms with Crippen molar-refractivity contribution in [3.05, 3.63) is 121 Å². The van der Waals surface area contributed by atoms with Crippen LogP contribution in [0.15, 0.2) is 116 Å². The Bertz CT molecular complexity index is 2730. The monoisotopic (exact) mass is 688 g/mol. The lowest BCUT2D eigenvalue weighted by atomic mass is 9.99. The van der Waals surface area contributed by atoms with E-state index in [1.807, 2.05) is 60.8 Å². The van der Waals surface area contributed by atoms with E-state index in [9.17, 15) is 9.50 Å². The fourth-order valence-corrected chi connectivity index (χ4v) is 6.06. The number of rotatable bonds is 5. The number of nitrogen functional groups attached to an aromatic ring is 2. The number of fused-ring (bicyclic) bond motifs is 3. The molecule has 0 bridgehead atoms. The number of aromatic nitrogens is 8. The molecule has 0 aliphatic heterocycles. The number of nitrogens with two attached hydrogens (primary N) is 2. The van der Waals surface area contributed by atoms with Crippen molar-refractivity contribution in [3.63, 3.8) is 0 Å². The van der Waals surface area contributed by atoms with E-state index in [1.165, 1.54) is 19.2 Å². The maximum Gasteiger partial charge on any atom is 0.184 e. The van der Waals surface area contributed by atoms with E-state index in [-0.39, 0.29) is 11.6 Å². The van der Waals surface area contributed by atoms with E-state index in [4.69, 9.17) is 16.2 Å². The van der Waals surface area contributed by atoms with Gasteiger partial charge in [-0.25, -0.2) is 14.4 Å². The molecule has 0 aliphatic carbocycles. The molecule has 0 radical (unpaired) electrons. The molecule has 6 heterocycles. The summed E-state index contributed by atoms with van der Waals surface area (Å²) in [7, 11) is 1.49. The Labute approximate surface area is 295 Å². The predicted molar refractivity (Wildman–Crippen MR) is 200 cm³/mol. The number of nitrogens with zero attached hydrogens (tertiary/aromatic N) is 6. The Kier molecular flexibility index (Phi) is 8.04. The minimum Gasteiger partial charge on any atom is -0.504 e. The van der Waals surface area contributed by atoms with Crippen molar-refractivity contribution >= 4 is 44.6 Å². The number of ether oxygens (including phenoxy) is 1. The van der Waals surface area contributed by atoms with Crippen LogP contribution in [0.25, 0.3) is 77.7 Å². The van der Waals surface area contributed by atoms with Gasteiger partial charge in [0.2, 0.25) is 0 Å². The van der Waals surface area contributed by atoms with Crippen molar-refractivity contribution in [2.45, 2.75) is 0 Å². The van der Waals surface area contributed by atoms with Crippen LogP contribution in [0.2, 0.25) is 0 Å². The molecular weight excluding hydrogens is 659 g/mol. The van der Waals surface area contributed by atoms with Crippen LogP contribution in [0.5, 0.6) is 11.5 Å². The molecule has 0 aliphatic rings. The number of benzene rings is 3. The molecule has 0 spiro atoms. The number of phenols is 1. The second kappa shape index (κ2) is 13.1. The molecule has 0 unspecified atom stereocenters. The van der Waals surface area contributed by atoms with Gasteiger partial charge in [0, 0.05) is 46.2 Å². The van der Waals surface area contributed by atoms with E-state index in [0.29, 0.717) is 39.8 Å². The van der Waals surface area contributed by atoms with Gasteiger partial charge in [0.25, 0.3) is 0 Å². The SMILES string of the molecule is COc1ccc(-c2cc(-c3ccc(F)cc3)nc3n[nH]c(N)c23)cc1O.Nc1[nH]nc2nc(-c3cccnc3)cc(-c3cnc4ccccc4c3)c12. The van der Waals surface area contributed by atoms with Crippen molar-refractivity contribution in [1.29, 1.82) is 0 Å². The Morgan fingerprint density at radius 2 is 1.33 bits per heavy atom. The smallest absolute Gasteiger partial charge is 0.184 e. The van der Waals surface area contributed by atoms with Crippen molar-refractivity contribution in [2.24, 2.45) is 0 Å². The zero-order valence-corrected chi connectivity index (χ0v) is 27.5. The maximum atomic E-state index is 13.2. The molecule has 9 aromatic rings. The van der Waals surface area contributed by atoms with Crippen molar-refractivity contribution in [2.75, 3.05) is 18.6 Å². The van der Waals surface area contributed by atoms with Crippen LogP contribution >= 0.6 is 0 Å². The Hall–Kier alpha value is -7.41. The van der Waals surface area contributed by atoms with Gasteiger partial charge >= 0.3 is 0 Å². The van der Waals surface area contributed by atoms with E-state index in [0.717, 1.165) is 55.4 Å². The van der Waals surface area contributed by atoms with E-state index < -0.39 is 0 Å². The van der Waals surface area contributed by atoms with Gasteiger partial charge in [0.15, 0.2) is 22.8 Å². The molecule has 254 valence electrons. The van der Waals surface area contributed by atoms with Crippen molar-refractivity contribution in [1.82, 2.24) is 40.3 Å². The standard InChI is InChI=1S/C20H14N6.C19H15FN4O2/c21-19-18-15(14-8-12-4-1-2-6-16(12)23-11-14)9-17(24-20(18)26-25-19)13-5-3-7-22-10-13;1-26-16-7-4-11(8-15(16)25)13-9-14(10-2-5-12(20)6-3-10)22-19-17(13)18(21)23-24-19/h1-11H,(H3,21,24,25,26);2-9,25H,1H3,(H3,21,22,23,24). The molecule has 7 N–H and O–H groups in total. The molecule has 0 saturated heterocycles. The van der Waals surface area contributed by atoms with Crippen molar-refractivity contribution < 1.29 is 14.2 Å². The fourth-order valence-electron chi connectivity index (χ4n) is 6.06. The lowest BCUT2D eigenvalue weighted by Crippen LogP contribution is -1.92. The molecular formula is C39H29FN10O2. The van der Waals surface area contributed by atoms with Gasteiger partial charge < -0.3 is 21.3 Å². The number of hydrogen-bond acceptors (Lipinski definition) is 10. The summed E-state index contributed by atoms with van der Waals surface area (Å²) in [6, 6.07) is 29.0. The first-order valence-electron chi connectivity index (χ1n) is 16.0. The van der Waals surface area contributed by atoms with Gasteiger partial charge in [-0.2, -0.15) is 10.2 Å². The number of para-hydroxylation sites is 1. The third-order valence-electron chi connectivity index (χ3n) is 8.59. The number of methoxy groups -OCH3 is 1. The summed E-state index contributed by atoms with van der Waals surface area (Å²) in [6.07, 6.45) is 5.38. The molecule has 12 nitrogen and oxygen atoms in total. The zero-order chi connectivity index (χ0) is 35.8. The number of nitrogens with one attached hydrogen (secondary N) is 2. The van der Waals surface area contributed by atoms with E-state index in [2.05, 4.69) is 46.4 Å². The van der Waals surface area contributed by atoms with Crippen molar-refractivity contribution in [3.8, 4) is 56.3 Å². The summed E-state index contributed by atoms with van der Waals surface area (Å²) in [5, 5.41) is 26.6. The average Bonchev–Trinajstić information content (AvgIpc) is 3.76. The van der Waals surface area contributed by atoms with Gasteiger partial charge in [-0.15, -0.1) is 0 Å². The lowest BCUT2D eigenvalue weighted by Gasteiger charge is -2.10. The highest BCUT2D eigenvalue weighted by molar-refractivity contribution is 6.03. The highest BCUT2D eigenvalue weighted by Gasteiger charge is 2.17. The van der Waals surface area contributed by atoms with Crippen LogP contribution in [0.3, 0.4) is 0 Å². The first-order valence-corrected chi connectivity index (χ1v) is 16.0. The molecule has 6 aromatic heterocycles. The van der Waals surface area contributed by atoms with Gasteiger partial charge in [0.1, 0.15) is 17.5 Å². The molecule has 0 atom stereocenters. The molecule has 13 heteroatoms. The Morgan fingerprint density at radius 3 is 1.98 bits per heavy atom. The van der Waals surface area contributed by atoms with Crippen LogP contribution in [0.1, 0.15) is 0 Å². The molecule has 0 saturated carbocycles. The fraction of sp³-hybridized carbons (Fsp3) is 0.0256. The number of aromatic amines is 2. The Balaban J connectivity index is 0.000000149. The number of phenolic OH excluding ortho intramolecular Hbond substituents is 1. The number of aromatic hydroxyl groups is 1. The van der Waals surface area contributed by atoms with E-state index in [1.54, 1.807) is 36.7 Å². The minimum absolute atomic E-state index is 0.0142. The second-order valence-electron chi connectivity index (χ2n) is 11.8.